The van der Waals surface area contributed by atoms with Crippen LogP contribution in [-0.2, 0) is 0 Å². The van der Waals surface area contributed by atoms with E-state index in [1.165, 1.54) is 6.07 Å². The second kappa shape index (κ2) is 7.04. The van der Waals surface area contributed by atoms with Crippen LogP contribution in [0.2, 0.25) is 0 Å². The van der Waals surface area contributed by atoms with Crippen LogP contribution in [0, 0.1) is 10.1 Å². The van der Waals surface area contributed by atoms with Crippen molar-refractivity contribution < 1.29 is 4.92 Å². The van der Waals surface area contributed by atoms with Gasteiger partial charge in [-0.1, -0.05) is 42.1 Å². The van der Waals surface area contributed by atoms with Gasteiger partial charge in [-0.15, -0.1) is 10.2 Å². The lowest BCUT2D eigenvalue weighted by Crippen LogP contribution is -2.01. The van der Waals surface area contributed by atoms with Crippen molar-refractivity contribution in [3.63, 3.8) is 0 Å². The molecule has 1 aliphatic rings. The topological polar surface area (TPSA) is 89.6 Å². The van der Waals surface area contributed by atoms with Gasteiger partial charge in [-0.2, -0.15) is 0 Å². The zero-order valence-electron chi connectivity index (χ0n) is 15.8. The summed E-state index contributed by atoms with van der Waals surface area (Å²) in [5, 5.41) is 22.1. The third-order valence-electron chi connectivity index (χ3n) is 5.24. The average molecular weight is 405 g/mol. The fourth-order valence-electron chi connectivity index (χ4n) is 3.58. The van der Waals surface area contributed by atoms with E-state index in [4.69, 9.17) is 0 Å². The van der Waals surface area contributed by atoms with E-state index in [-0.39, 0.29) is 15.9 Å². The Bertz CT molecular complexity index is 1210. The first-order valence-electron chi connectivity index (χ1n) is 9.54. The van der Waals surface area contributed by atoms with E-state index < -0.39 is 0 Å². The van der Waals surface area contributed by atoms with Gasteiger partial charge < -0.3 is 4.98 Å². The van der Waals surface area contributed by atoms with Crippen LogP contribution in [0.4, 0.5) is 5.69 Å². The molecular formula is C21H19N5O2S. The van der Waals surface area contributed by atoms with E-state index in [2.05, 4.69) is 31.9 Å². The van der Waals surface area contributed by atoms with Crippen molar-refractivity contribution in [1.82, 2.24) is 19.7 Å². The highest BCUT2D eigenvalue weighted by atomic mass is 32.2. The molecule has 146 valence electrons. The molecule has 5 rings (SSSR count). The number of nitrogens with zero attached hydrogens (tertiary/aromatic N) is 4. The van der Waals surface area contributed by atoms with Crippen molar-refractivity contribution in [2.45, 2.75) is 36.2 Å². The molecule has 0 saturated heterocycles. The summed E-state index contributed by atoms with van der Waals surface area (Å²) >= 11 is 1.59. The van der Waals surface area contributed by atoms with E-state index in [1.807, 2.05) is 31.3 Å². The van der Waals surface area contributed by atoms with E-state index in [9.17, 15) is 10.1 Å². The minimum absolute atomic E-state index is 0.0208. The molecule has 2 aromatic heterocycles. The van der Waals surface area contributed by atoms with Crippen LogP contribution in [0.5, 0.6) is 0 Å². The predicted molar refractivity (Wildman–Crippen MR) is 113 cm³/mol. The molecule has 0 radical (unpaired) electrons. The number of thioether (sulfide) groups is 1. The number of nitro groups is 1. The molecule has 2 heterocycles. The molecule has 0 spiro atoms. The normalized spacial score (nSPS) is 14.9. The van der Waals surface area contributed by atoms with Crippen LogP contribution in [0.3, 0.4) is 0 Å². The fourth-order valence-corrected chi connectivity index (χ4v) is 4.61. The van der Waals surface area contributed by atoms with E-state index in [1.54, 1.807) is 23.9 Å². The third-order valence-corrected chi connectivity index (χ3v) is 6.35. The number of para-hydroxylation sites is 1. The Labute approximate surface area is 171 Å². The van der Waals surface area contributed by atoms with Crippen molar-refractivity contribution in [1.29, 1.82) is 0 Å². The number of nitro benzene ring substituents is 1. The van der Waals surface area contributed by atoms with Crippen molar-refractivity contribution in [3.8, 4) is 11.4 Å². The number of aromatic nitrogens is 4. The van der Waals surface area contributed by atoms with Crippen LogP contribution < -0.4 is 0 Å². The maximum atomic E-state index is 11.1. The van der Waals surface area contributed by atoms with Crippen LogP contribution in [0.1, 0.15) is 36.6 Å². The highest BCUT2D eigenvalue weighted by Gasteiger charge is 2.31. The molecule has 1 atom stereocenters. The van der Waals surface area contributed by atoms with E-state index in [0.29, 0.717) is 6.04 Å². The third kappa shape index (κ3) is 3.29. The van der Waals surface area contributed by atoms with Crippen molar-refractivity contribution >= 4 is 28.4 Å². The molecule has 0 amide bonds. The standard InChI is InChI=1S/C21H19N5O2S/c1-13(14-5-4-6-16(11-14)26(27)28)29-21-24-23-20(25(21)15-9-10-15)18-12-22-19-8-3-2-7-17(18)19/h2-8,11-13,15,22H,9-10H2,1H3/t13-/m0/s1. The van der Waals surface area contributed by atoms with Gasteiger partial charge in [0.1, 0.15) is 0 Å². The first-order chi connectivity index (χ1) is 14.1. The zero-order chi connectivity index (χ0) is 20.0. The van der Waals surface area contributed by atoms with Gasteiger partial charge in [0.15, 0.2) is 11.0 Å². The molecule has 1 N–H and O–H groups in total. The number of rotatable bonds is 6. The molecule has 4 aromatic rings. The zero-order valence-corrected chi connectivity index (χ0v) is 16.6. The average Bonchev–Trinajstić information content (AvgIpc) is 3.35. The summed E-state index contributed by atoms with van der Waals surface area (Å²) in [6, 6.07) is 15.4. The Hall–Kier alpha value is -3.13. The van der Waals surface area contributed by atoms with Crippen molar-refractivity contribution in [3.05, 3.63) is 70.4 Å². The summed E-state index contributed by atoms with van der Waals surface area (Å²) in [6.07, 6.45) is 4.23. The molecule has 2 aromatic carbocycles. The summed E-state index contributed by atoms with van der Waals surface area (Å²) in [5.41, 5.74) is 3.14. The molecule has 1 saturated carbocycles. The Balaban J connectivity index is 1.50. The SMILES string of the molecule is C[C@H](Sc1nnc(-c2c[nH]c3ccccc23)n1C1CC1)c1cccc([N+](=O)[O-])c1. The van der Waals surface area contributed by atoms with Gasteiger partial charge in [0, 0.05) is 46.1 Å². The minimum atomic E-state index is -0.358. The number of hydrogen-bond donors (Lipinski definition) is 1. The van der Waals surface area contributed by atoms with E-state index >= 15 is 0 Å². The van der Waals surface area contributed by atoms with Crippen LogP contribution in [0.25, 0.3) is 22.3 Å². The van der Waals surface area contributed by atoms with Gasteiger partial charge in [-0.05, 0) is 31.4 Å². The second-order valence-electron chi connectivity index (χ2n) is 7.27. The fraction of sp³-hybridized carbons (Fsp3) is 0.238. The lowest BCUT2D eigenvalue weighted by molar-refractivity contribution is -0.384. The predicted octanol–water partition coefficient (Wildman–Crippen LogP) is 5.52. The van der Waals surface area contributed by atoms with Crippen molar-refractivity contribution in [2.24, 2.45) is 0 Å². The number of hydrogen-bond acceptors (Lipinski definition) is 5. The number of nitrogens with one attached hydrogen (secondary N) is 1. The largest absolute Gasteiger partial charge is 0.360 e. The van der Waals surface area contributed by atoms with Gasteiger partial charge in [0.05, 0.1) is 4.92 Å². The van der Waals surface area contributed by atoms with Gasteiger partial charge in [-0.3, -0.25) is 14.7 Å². The highest BCUT2D eigenvalue weighted by molar-refractivity contribution is 7.99. The summed E-state index contributed by atoms with van der Waals surface area (Å²) in [6.45, 7) is 2.04. The Kier molecular flexibility index (Phi) is 4.35. The Morgan fingerprint density at radius 2 is 2.03 bits per heavy atom. The maximum absolute atomic E-state index is 11.1. The molecule has 0 bridgehead atoms. The van der Waals surface area contributed by atoms with Crippen molar-refractivity contribution in [2.75, 3.05) is 0 Å². The summed E-state index contributed by atoms with van der Waals surface area (Å²) in [7, 11) is 0. The minimum Gasteiger partial charge on any atom is -0.360 e. The van der Waals surface area contributed by atoms with E-state index in [0.717, 1.165) is 45.9 Å². The Morgan fingerprint density at radius 3 is 2.83 bits per heavy atom. The lowest BCUT2D eigenvalue weighted by atomic mass is 10.1. The monoisotopic (exact) mass is 405 g/mol. The van der Waals surface area contributed by atoms with Gasteiger partial charge in [-0.25, -0.2) is 0 Å². The van der Waals surface area contributed by atoms with Gasteiger partial charge >= 0.3 is 0 Å². The highest BCUT2D eigenvalue weighted by Crippen LogP contribution is 2.44. The van der Waals surface area contributed by atoms with Crippen LogP contribution >= 0.6 is 11.8 Å². The first kappa shape index (κ1) is 17.9. The van der Waals surface area contributed by atoms with Crippen LogP contribution in [0.15, 0.2) is 59.9 Å². The smallest absolute Gasteiger partial charge is 0.269 e. The molecule has 1 fully saturated rings. The van der Waals surface area contributed by atoms with Gasteiger partial charge in [0.2, 0.25) is 0 Å². The molecule has 7 nitrogen and oxygen atoms in total. The number of fused-ring (bicyclic) bond motifs is 1. The maximum Gasteiger partial charge on any atom is 0.269 e. The molecule has 8 heteroatoms. The molecule has 29 heavy (non-hydrogen) atoms. The summed E-state index contributed by atoms with van der Waals surface area (Å²) < 4.78 is 2.23. The quantitative estimate of drug-likeness (QED) is 0.259. The Morgan fingerprint density at radius 1 is 1.21 bits per heavy atom. The lowest BCUT2D eigenvalue weighted by Gasteiger charge is -2.13. The number of non-ortho nitro benzene ring substituents is 1. The number of aromatic amines is 1. The number of benzene rings is 2. The first-order valence-corrected chi connectivity index (χ1v) is 10.4. The van der Waals surface area contributed by atoms with Crippen LogP contribution in [-0.4, -0.2) is 24.7 Å². The molecule has 1 aliphatic carbocycles. The molecule has 0 aliphatic heterocycles. The number of H-pyrrole nitrogens is 1. The summed E-state index contributed by atoms with van der Waals surface area (Å²) in [4.78, 5) is 14.1. The summed E-state index contributed by atoms with van der Waals surface area (Å²) in [5.74, 6) is 0.874. The van der Waals surface area contributed by atoms with Gasteiger partial charge in [0.25, 0.3) is 5.69 Å². The second-order valence-corrected chi connectivity index (χ2v) is 8.58. The molecular weight excluding hydrogens is 386 g/mol. The molecule has 0 unspecified atom stereocenters.